The van der Waals surface area contributed by atoms with Crippen molar-refractivity contribution in [2.24, 2.45) is 0 Å². The Balaban J connectivity index is 1.95. The molecule has 0 atom stereocenters. The first-order valence-electron chi connectivity index (χ1n) is 7.91. The Morgan fingerprint density at radius 3 is 2.48 bits per heavy atom. The standard InChI is InChI=1S/C19H23NO2S/c1-20(2)6-5-13-7-16(12-22)17-10-15-4-3-14(11-21)9-18(15)23-19(17)8-13/h3-4,7-9,21-22H,5-6,10-12H2,1-2H3. The van der Waals surface area contributed by atoms with Crippen LogP contribution in [0.15, 0.2) is 40.1 Å². The van der Waals surface area contributed by atoms with Gasteiger partial charge in [-0.3, -0.25) is 0 Å². The van der Waals surface area contributed by atoms with E-state index in [-0.39, 0.29) is 13.2 Å². The van der Waals surface area contributed by atoms with E-state index in [4.69, 9.17) is 0 Å². The van der Waals surface area contributed by atoms with Gasteiger partial charge in [-0.25, -0.2) is 0 Å². The second-order valence-corrected chi connectivity index (χ2v) is 7.41. The quantitative estimate of drug-likeness (QED) is 0.755. The smallest absolute Gasteiger partial charge is 0.0685 e. The van der Waals surface area contributed by atoms with Crippen molar-refractivity contribution in [1.82, 2.24) is 4.90 Å². The molecular weight excluding hydrogens is 306 g/mol. The Bertz CT molecular complexity index is 713. The van der Waals surface area contributed by atoms with Gasteiger partial charge in [0.15, 0.2) is 0 Å². The monoisotopic (exact) mass is 329 g/mol. The normalized spacial score (nSPS) is 13.1. The molecule has 0 saturated carbocycles. The van der Waals surface area contributed by atoms with Gasteiger partial charge in [0.05, 0.1) is 13.2 Å². The summed E-state index contributed by atoms with van der Waals surface area (Å²) in [5.41, 5.74) is 5.79. The van der Waals surface area contributed by atoms with Crippen LogP contribution in [-0.4, -0.2) is 35.8 Å². The molecule has 0 saturated heterocycles. The van der Waals surface area contributed by atoms with Crippen LogP contribution in [0.25, 0.3) is 0 Å². The number of nitrogens with zero attached hydrogens (tertiary/aromatic N) is 1. The molecule has 1 aliphatic rings. The van der Waals surface area contributed by atoms with Crippen molar-refractivity contribution in [1.29, 1.82) is 0 Å². The van der Waals surface area contributed by atoms with Crippen LogP contribution in [0.4, 0.5) is 0 Å². The molecule has 3 nitrogen and oxygen atoms in total. The summed E-state index contributed by atoms with van der Waals surface area (Å²) in [5, 5.41) is 19.1. The summed E-state index contributed by atoms with van der Waals surface area (Å²) in [6, 6.07) is 10.6. The van der Waals surface area contributed by atoms with E-state index in [1.807, 2.05) is 6.07 Å². The summed E-state index contributed by atoms with van der Waals surface area (Å²) in [6.07, 6.45) is 1.84. The van der Waals surface area contributed by atoms with Gasteiger partial charge in [-0.15, -0.1) is 0 Å². The van der Waals surface area contributed by atoms with Gasteiger partial charge in [-0.05, 0) is 60.5 Å². The molecule has 0 radical (unpaired) electrons. The fraction of sp³-hybridized carbons (Fsp3) is 0.368. The summed E-state index contributed by atoms with van der Waals surface area (Å²) in [5.74, 6) is 0. The molecule has 0 spiro atoms. The minimum absolute atomic E-state index is 0.0749. The first-order valence-corrected chi connectivity index (χ1v) is 8.73. The van der Waals surface area contributed by atoms with Gasteiger partial charge in [0.2, 0.25) is 0 Å². The highest BCUT2D eigenvalue weighted by Gasteiger charge is 2.20. The van der Waals surface area contributed by atoms with E-state index in [1.54, 1.807) is 11.8 Å². The second-order valence-electron chi connectivity index (χ2n) is 6.32. The van der Waals surface area contributed by atoms with Crippen molar-refractivity contribution in [3.05, 3.63) is 58.1 Å². The first-order chi connectivity index (χ1) is 11.1. The summed E-state index contributed by atoms with van der Waals surface area (Å²) in [4.78, 5) is 4.64. The van der Waals surface area contributed by atoms with Gasteiger partial charge in [0, 0.05) is 22.8 Å². The largest absolute Gasteiger partial charge is 0.392 e. The van der Waals surface area contributed by atoms with Gasteiger partial charge in [-0.1, -0.05) is 30.0 Å². The van der Waals surface area contributed by atoms with E-state index in [0.717, 1.165) is 30.5 Å². The number of fused-ring (bicyclic) bond motifs is 2. The molecule has 1 aliphatic heterocycles. The van der Waals surface area contributed by atoms with Crippen LogP contribution >= 0.6 is 11.8 Å². The zero-order chi connectivity index (χ0) is 16.4. The lowest BCUT2D eigenvalue weighted by molar-refractivity contribution is 0.280. The number of likely N-dealkylation sites (N-methyl/N-ethyl adjacent to an activating group) is 1. The van der Waals surface area contributed by atoms with Crippen LogP contribution in [-0.2, 0) is 26.1 Å². The highest BCUT2D eigenvalue weighted by atomic mass is 32.2. The Morgan fingerprint density at radius 1 is 1.00 bits per heavy atom. The zero-order valence-electron chi connectivity index (χ0n) is 13.7. The van der Waals surface area contributed by atoms with Crippen LogP contribution in [0.5, 0.6) is 0 Å². The molecule has 0 aromatic heterocycles. The summed E-state index contributed by atoms with van der Waals surface area (Å²) in [6.45, 7) is 1.16. The molecule has 0 bridgehead atoms. The van der Waals surface area contributed by atoms with Crippen molar-refractivity contribution in [3.8, 4) is 0 Å². The summed E-state index contributed by atoms with van der Waals surface area (Å²) >= 11 is 1.75. The number of rotatable bonds is 5. The molecule has 0 amide bonds. The maximum atomic E-state index is 9.77. The molecule has 23 heavy (non-hydrogen) atoms. The Kier molecular flexibility index (Phi) is 5.07. The maximum absolute atomic E-state index is 9.77. The second kappa shape index (κ2) is 7.05. The van der Waals surface area contributed by atoms with Crippen LogP contribution in [0.1, 0.15) is 27.8 Å². The highest BCUT2D eigenvalue weighted by Crippen LogP contribution is 2.42. The Morgan fingerprint density at radius 2 is 1.78 bits per heavy atom. The molecule has 2 aromatic rings. The Labute approximate surface area is 142 Å². The third-order valence-corrected chi connectivity index (χ3v) is 5.46. The molecule has 2 aromatic carbocycles. The number of hydrogen-bond donors (Lipinski definition) is 2. The van der Waals surface area contributed by atoms with Crippen molar-refractivity contribution in [2.75, 3.05) is 20.6 Å². The third kappa shape index (κ3) is 3.61. The first kappa shape index (κ1) is 16.5. The lowest BCUT2D eigenvalue weighted by atomic mass is 9.96. The van der Waals surface area contributed by atoms with Crippen molar-refractivity contribution < 1.29 is 10.2 Å². The van der Waals surface area contributed by atoms with E-state index in [0.29, 0.717) is 0 Å². The minimum atomic E-state index is 0.0749. The van der Waals surface area contributed by atoms with Gasteiger partial charge in [0.25, 0.3) is 0 Å². The van der Waals surface area contributed by atoms with Crippen molar-refractivity contribution in [3.63, 3.8) is 0 Å². The van der Waals surface area contributed by atoms with Gasteiger partial charge in [0.1, 0.15) is 0 Å². The number of benzene rings is 2. The number of hydrogen-bond acceptors (Lipinski definition) is 4. The van der Waals surface area contributed by atoms with Crippen LogP contribution < -0.4 is 0 Å². The number of aliphatic hydroxyl groups is 2. The highest BCUT2D eigenvalue weighted by molar-refractivity contribution is 7.99. The predicted octanol–water partition coefficient (Wildman–Crippen LogP) is 2.83. The molecule has 4 heteroatoms. The lowest BCUT2D eigenvalue weighted by Crippen LogP contribution is -2.15. The third-order valence-electron chi connectivity index (χ3n) is 4.28. The fourth-order valence-electron chi connectivity index (χ4n) is 2.94. The van der Waals surface area contributed by atoms with Crippen LogP contribution in [0, 0.1) is 0 Å². The Hall–Kier alpha value is -1.33. The average molecular weight is 329 g/mol. The maximum Gasteiger partial charge on any atom is 0.0685 e. The van der Waals surface area contributed by atoms with Gasteiger partial charge < -0.3 is 15.1 Å². The predicted molar refractivity (Wildman–Crippen MR) is 93.9 cm³/mol. The summed E-state index contributed by atoms with van der Waals surface area (Å²) in [7, 11) is 4.15. The average Bonchev–Trinajstić information content (AvgIpc) is 2.56. The molecule has 0 fully saturated rings. The van der Waals surface area contributed by atoms with E-state index >= 15 is 0 Å². The molecule has 0 unspecified atom stereocenters. The van der Waals surface area contributed by atoms with E-state index in [9.17, 15) is 10.2 Å². The van der Waals surface area contributed by atoms with Crippen molar-refractivity contribution in [2.45, 2.75) is 35.8 Å². The zero-order valence-corrected chi connectivity index (χ0v) is 14.5. The van der Waals surface area contributed by atoms with Gasteiger partial charge in [-0.2, -0.15) is 0 Å². The summed E-state index contributed by atoms with van der Waals surface area (Å²) < 4.78 is 0. The van der Waals surface area contributed by atoms with Gasteiger partial charge >= 0.3 is 0 Å². The molecule has 3 rings (SSSR count). The SMILES string of the molecule is CN(C)CCc1cc(CO)c2c(c1)Sc1cc(CO)ccc1C2. The van der Waals surface area contributed by atoms with Crippen molar-refractivity contribution >= 4 is 11.8 Å². The fourth-order valence-corrected chi connectivity index (χ4v) is 4.20. The molecule has 1 heterocycles. The topological polar surface area (TPSA) is 43.7 Å². The van der Waals surface area contributed by atoms with Crippen LogP contribution in [0.2, 0.25) is 0 Å². The van der Waals surface area contributed by atoms with Crippen LogP contribution in [0.3, 0.4) is 0 Å². The lowest BCUT2D eigenvalue weighted by Gasteiger charge is -2.23. The molecule has 0 aliphatic carbocycles. The molecule has 2 N–H and O–H groups in total. The number of aliphatic hydroxyl groups excluding tert-OH is 2. The van der Waals surface area contributed by atoms with E-state index in [2.05, 4.69) is 43.3 Å². The van der Waals surface area contributed by atoms with E-state index in [1.165, 1.54) is 26.5 Å². The minimum Gasteiger partial charge on any atom is -0.392 e. The van der Waals surface area contributed by atoms with E-state index < -0.39 is 0 Å². The molecular formula is C19H23NO2S. The molecule has 122 valence electrons.